The number of aromatic hydroxyl groups is 1. The second kappa shape index (κ2) is 12.8. The number of hydrogen-bond acceptors (Lipinski definition) is 7. The number of phenolic OH excluding ortho intramolecular Hbond substituents is 1. The van der Waals surface area contributed by atoms with Crippen LogP contribution in [-0.4, -0.2) is 46.8 Å². The van der Waals surface area contributed by atoms with E-state index in [1.54, 1.807) is 58.0 Å². The zero-order chi connectivity index (χ0) is 29.6. The van der Waals surface area contributed by atoms with E-state index in [1.165, 1.54) is 19.2 Å². The summed E-state index contributed by atoms with van der Waals surface area (Å²) in [5.41, 5.74) is 0.890. The van der Waals surface area contributed by atoms with Crippen LogP contribution in [0, 0.1) is 12.7 Å². The van der Waals surface area contributed by atoms with E-state index < -0.39 is 41.5 Å². The lowest BCUT2D eigenvalue weighted by Crippen LogP contribution is -2.45. The predicted octanol–water partition coefficient (Wildman–Crippen LogP) is 5.02. The summed E-state index contributed by atoms with van der Waals surface area (Å²) in [6, 6.07) is 11.1. The molecule has 2 amide bonds. The Morgan fingerprint density at radius 2 is 1.73 bits per heavy atom. The number of nitrogens with zero attached hydrogens (tertiary/aromatic N) is 1. The minimum atomic E-state index is -1.09. The fourth-order valence-corrected chi connectivity index (χ4v) is 4.08. The third kappa shape index (κ3) is 8.41. The summed E-state index contributed by atoms with van der Waals surface area (Å²) >= 11 is 6.02. The third-order valence-corrected chi connectivity index (χ3v) is 5.89. The number of aryl methyl sites for hydroxylation is 1. The van der Waals surface area contributed by atoms with Gasteiger partial charge in [-0.1, -0.05) is 23.7 Å². The van der Waals surface area contributed by atoms with Gasteiger partial charge in [0.15, 0.2) is 0 Å². The maximum Gasteiger partial charge on any atom is 0.408 e. The number of nitrogens with one attached hydrogen (secondary N) is 2. The van der Waals surface area contributed by atoms with Gasteiger partial charge >= 0.3 is 12.1 Å². The average Bonchev–Trinajstić information content (AvgIpc) is 2.87. The number of benzene rings is 2. The lowest BCUT2D eigenvalue weighted by Gasteiger charge is -2.23. The summed E-state index contributed by atoms with van der Waals surface area (Å²) in [5, 5.41) is 16.2. The summed E-state index contributed by atoms with van der Waals surface area (Å²) in [4.78, 5) is 42.5. The van der Waals surface area contributed by atoms with Gasteiger partial charge in [0.1, 0.15) is 28.9 Å². The monoisotopic (exact) mass is 571 g/mol. The van der Waals surface area contributed by atoms with E-state index in [0.29, 0.717) is 21.8 Å². The lowest BCUT2D eigenvalue weighted by molar-refractivity contribution is -0.143. The van der Waals surface area contributed by atoms with Crippen molar-refractivity contribution in [3.8, 4) is 5.75 Å². The molecule has 0 saturated carbocycles. The number of rotatable bonds is 8. The molecule has 1 unspecified atom stereocenters. The van der Waals surface area contributed by atoms with E-state index in [-0.39, 0.29) is 23.4 Å². The smallest absolute Gasteiger partial charge is 0.408 e. The van der Waals surface area contributed by atoms with Crippen LogP contribution in [0.1, 0.15) is 59.7 Å². The zero-order valence-electron chi connectivity index (χ0n) is 22.7. The van der Waals surface area contributed by atoms with E-state index in [9.17, 15) is 23.9 Å². The van der Waals surface area contributed by atoms with E-state index in [1.807, 2.05) is 0 Å². The van der Waals surface area contributed by atoms with Crippen LogP contribution in [0.2, 0.25) is 5.02 Å². The molecule has 3 aromatic rings. The van der Waals surface area contributed by atoms with E-state index in [4.69, 9.17) is 21.1 Å². The van der Waals surface area contributed by atoms with Crippen molar-refractivity contribution in [3.63, 3.8) is 0 Å². The summed E-state index contributed by atoms with van der Waals surface area (Å²) in [6.45, 7) is 6.75. The van der Waals surface area contributed by atoms with Crippen LogP contribution >= 0.6 is 11.6 Å². The van der Waals surface area contributed by atoms with Crippen molar-refractivity contribution in [3.05, 3.63) is 93.5 Å². The Hall–Kier alpha value is -4.18. The van der Waals surface area contributed by atoms with Gasteiger partial charge in [-0.3, -0.25) is 4.79 Å². The first-order valence-electron chi connectivity index (χ1n) is 12.4. The lowest BCUT2D eigenvalue weighted by atomic mass is 9.97. The van der Waals surface area contributed by atoms with Crippen LogP contribution in [0.5, 0.6) is 5.75 Å². The molecule has 2 aromatic carbocycles. The van der Waals surface area contributed by atoms with Crippen LogP contribution in [-0.2, 0) is 20.7 Å². The topological polar surface area (TPSA) is 127 Å². The third-order valence-electron chi connectivity index (χ3n) is 5.64. The molecule has 3 N–H and O–H groups in total. The molecule has 212 valence electrons. The molecule has 2 atom stereocenters. The molecule has 0 saturated heterocycles. The number of esters is 1. The molecule has 0 aliphatic heterocycles. The number of hydrogen-bond donors (Lipinski definition) is 3. The normalized spacial score (nSPS) is 12.7. The molecule has 1 heterocycles. The summed E-state index contributed by atoms with van der Waals surface area (Å²) in [6.07, 6.45) is -0.812. The van der Waals surface area contributed by atoms with Crippen molar-refractivity contribution in [1.82, 2.24) is 15.6 Å². The van der Waals surface area contributed by atoms with Crippen molar-refractivity contribution in [1.29, 1.82) is 0 Å². The fraction of sp³-hybridized carbons (Fsp3) is 0.310. The van der Waals surface area contributed by atoms with Crippen LogP contribution in [0.4, 0.5) is 9.18 Å². The Morgan fingerprint density at radius 1 is 1.05 bits per heavy atom. The molecule has 0 aliphatic rings. The molecule has 0 aliphatic carbocycles. The van der Waals surface area contributed by atoms with Crippen LogP contribution in [0.25, 0.3) is 0 Å². The Balaban J connectivity index is 1.91. The van der Waals surface area contributed by atoms with Crippen molar-refractivity contribution < 1.29 is 33.4 Å². The number of carbonyl (C=O) groups is 3. The Kier molecular flexibility index (Phi) is 9.70. The van der Waals surface area contributed by atoms with Gasteiger partial charge in [-0.15, -0.1) is 0 Å². The van der Waals surface area contributed by atoms with Crippen molar-refractivity contribution in [2.45, 2.75) is 51.8 Å². The Bertz CT molecular complexity index is 1390. The first-order valence-corrected chi connectivity index (χ1v) is 12.7. The van der Waals surface area contributed by atoms with Crippen LogP contribution in [0.3, 0.4) is 0 Å². The second-order valence-corrected chi connectivity index (χ2v) is 10.5. The van der Waals surface area contributed by atoms with Gasteiger partial charge in [0.2, 0.25) is 0 Å². The first-order chi connectivity index (χ1) is 18.8. The summed E-state index contributed by atoms with van der Waals surface area (Å²) in [7, 11) is 1.20. The standard InChI is InChI=1S/C29H31ClFN3O6/c1-16-12-17(14-23(27(37)39-5)33-28(38)40-29(2,3)4)13-22(32-16)26(36)34-25(18-6-8-19(30)9-7-18)21-15-20(31)10-11-24(21)35/h6-13,15,23,25,35H,14H2,1-5H3,(H,33,38)(H,34,36)/t23-,25?/m0/s1. The predicted molar refractivity (Wildman–Crippen MR) is 147 cm³/mol. The number of methoxy groups -OCH3 is 1. The molecule has 1 aromatic heterocycles. The van der Waals surface area contributed by atoms with Crippen molar-refractivity contribution in [2.75, 3.05) is 7.11 Å². The highest BCUT2D eigenvalue weighted by atomic mass is 35.5. The highest BCUT2D eigenvalue weighted by Gasteiger charge is 2.27. The van der Waals surface area contributed by atoms with E-state index in [0.717, 1.165) is 12.1 Å². The van der Waals surface area contributed by atoms with Gasteiger partial charge in [0.05, 0.1) is 13.2 Å². The summed E-state index contributed by atoms with van der Waals surface area (Å²) in [5.74, 6) is -2.13. The number of halogens is 2. The number of alkyl carbamates (subject to hydrolysis) is 1. The molecule has 0 fully saturated rings. The molecule has 3 rings (SSSR count). The fourth-order valence-electron chi connectivity index (χ4n) is 3.95. The molecular weight excluding hydrogens is 541 g/mol. The number of amides is 2. The van der Waals surface area contributed by atoms with Gasteiger partial charge in [-0.2, -0.15) is 0 Å². The average molecular weight is 572 g/mol. The van der Waals surface area contributed by atoms with Gasteiger partial charge in [0, 0.05) is 22.7 Å². The van der Waals surface area contributed by atoms with Gasteiger partial charge in [-0.05, 0) is 81.3 Å². The number of aromatic nitrogens is 1. The molecule has 40 heavy (non-hydrogen) atoms. The van der Waals surface area contributed by atoms with Crippen LogP contribution < -0.4 is 10.6 Å². The SMILES string of the molecule is COC(=O)[C@H](Cc1cc(C)nc(C(=O)NC(c2ccc(Cl)cc2)c2cc(F)ccc2O)c1)NC(=O)OC(C)(C)C. The minimum Gasteiger partial charge on any atom is -0.508 e. The van der Waals surface area contributed by atoms with Crippen molar-refractivity contribution in [2.24, 2.45) is 0 Å². The maximum absolute atomic E-state index is 14.1. The van der Waals surface area contributed by atoms with E-state index >= 15 is 0 Å². The molecular formula is C29H31ClFN3O6. The molecule has 0 radical (unpaired) electrons. The Labute approximate surface area is 236 Å². The maximum atomic E-state index is 14.1. The molecule has 0 bridgehead atoms. The first kappa shape index (κ1) is 30.4. The van der Waals surface area contributed by atoms with Gasteiger partial charge < -0.3 is 25.2 Å². The number of ether oxygens (including phenoxy) is 2. The zero-order valence-corrected chi connectivity index (χ0v) is 23.5. The Morgan fingerprint density at radius 3 is 2.35 bits per heavy atom. The quantitative estimate of drug-likeness (QED) is 0.324. The molecule has 11 heteroatoms. The van der Waals surface area contributed by atoms with Crippen molar-refractivity contribution >= 4 is 29.6 Å². The highest BCUT2D eigenvalue weighted by molar-refractivity contribution is 6.30. The number of phenols is 1. The van der Waals surface area contributed by atoms with Gasteiger partial charge in [0.25, 0.3) is 5.91 Å². The summed E-state index contributed by atoms with van der Waals surface area (Å²) < 4.78 is 24.2. The highest BCUT2D eigenvalue weighted by Crippen LogP contribution is 2.31. The van der Waals surface area contributed by atoms with Crippen LogP contribution in [0.15, 0.2) is 54.6 Å². The van der Waals surface area contributed by atoms with Gasteiger partial charge in [-0.25, -0.2) is 19.0 Å². The second-order valence-electron chi connectivity index (χ2n) is 10.1. The molecule has 9 nitrogen and oxygen atoms in total. The number of carbonyl (C=O) groups excluding carboxylic acids is 3. The minimum absolute atomic E-state index is 0.00532. The van der Waals surface area contributed by atoms with E-state index in [2.05, 4.69) is 15.6 Å². The molecule has 0 spiro atoms. The largest absolute Gasteiger partial charge is 0.508 e. The number of pyridine rings is 1.